The molecule has 3 atom stereocenters. The average molecular weight is 185 g/mol. The fourth-order valence-electron chi connectivity index (χ4n) is 2.12. The van der Waals surface area contributed by atoms with E-state index in [1.165, 1.54) is 0 Å². The van der Waals surface area contributed by atoms with E-state index in [9.17, 15) is 4.79 Å². The van der Waals surface area contributed by atoms with Gasteiger partial charge < -0.3 is 5.11 Å². The van der Waals surface area contributed by atoms with Gasteiger partial charge in [-0.15, -0.1) is 0 Å². The molecule has 1 aliphatic rings. The van der Waals surface area contributed by atoms with Crippen molar-refractivity contribution in [1.82, 2.24) is 4.90 Å². The fourth-order valence-corrected chi connectivity index (χ4v) is 2.12. The number of hydrogen-bond acceptors (Lipinski definition) is 2. The van der Waals surface area contributed by atoms with Crippen LogP contribution in [0, 0.1) is 11.8 Å². The summed E-state index contributed by atoms with van der Waals surface area (Å²) in [5.41, 5.74) is 0. The summed E-state index contributed by atoms with van der Waals surface area (Å²) in [4.78, 5) is 13.1. The van der Waals surface area contributed by atoms with Crippen LogP contribution in [0.25, 0.3) is 0 Å². The van der Waals surface area contributed by atoms with Gasteiger partial charge in [-0.2, -0.15) is 0 Å². The summed E-state index contributed by atoms with van der Waals surface area (Å²) in [7, 11) is 0. The van der Waals surface area contributed by atoms with E-state index in [-0.39, 0.29) is 12.0 Å². The van der Waals surface area contributed by atoms with Crippen molar-refractivity contribution in [3.05, 3.63) is 0 Å². The van der Waals surface area contributed by atoms with Crippen LogP contribution in [0.5, 0.6) is 0 Å². The van der Waals surface area contributed by atoms with E-state index in [4.69, 9.17) is 5.11 Å². The molecule has 1 heterocycles. The summed E-state index contributed by atoms with van der Waals surface area (Å²) < 4.78 is 0. The smallest absolute Gasteiger partial charge is 0.321 e. The highest BCUT2D eigenvalue weighted by Gasteiger charge is 2.41. The van der Waals surface area contributed by atoms with Crippen LogP contribution in [0.3, 0.4) is 0 Å². The van der Waals surface area contributed by atoms with Crippen LogP contribution in [0.2, 0.25) is 0 Å². The van der Waals surface area contributed by atoms with Gasteiger partial charge in [-0.05, 0) is 25.7 Å². The Hall–Kier alpha value is -0.570. The van der Waals surface area contributed by atoms with Crippen LogP contribution in [0.4, 0.5) is 0 Å². The molecule has 1 N–H and O–H groups in total. The molecular formula is C10H19NO2. The minimum atomic E-state index is -0.675. The normalized spacial score (nSPS) is 35.6. The van der Waals surface area contributed by atoms with E-state index >= 15 is 0 Å². The lowest BCUT2D eigenvalue weighted by Gasteiger charge is -2.26. The third-order valence-electron chi connectivity index (χ3n) is 3.17. The van der Waals surface area contributed by atoms with Crippen molar-refractivity contribution < 1.29 is 9.90 Å². The maximum atomic E-state index is 11.0. The Morgan fingerprint density at radius 1 is 1.46 bits per heavy atom. The van der Waals surface area contributed by atoms with Gasteiger partial charge in [0.05, 0.1) is 0 Å². The minimum absolute atomic E-state index is 0.264. The maximum Gasteiger partial charge on any atom is 0.321 e. The van der Waals surface area contributed by atoms with Crippen LogP contribution in [0.1, 0.15) is 27.7 Å². The van der Waals surface area contributed by atoms with Crippen LogP contribution >= 0.6 is 0 Å². The first-order valence-electron chi connectivity index (χ1n) is 4.93. The monoisotopic (exact) mass is 185 g/mol. The Kier molecular flexibility index (Phi) is 2.96. The molecule has 1 saturated heterocycles. The quantitative estimate of drug-likeness (QED) is 0.707. The highest BCUT2D eigenvalue weighted by Crippen LogP contribution is 2.30. The molecule has 0 bridgehead atoms. The zero-order valence-corrected chi connectivity index (χ0v) is 8.82. The summed E-state index contributed by atoms with van der Waals surface area (Å²) in [6, 6.07) is 0.0449. The van der Waals surface area contributed by atoms with Crippen molar-refractivity contribution in [2.45, 2.75) is 39.8 Å². The predicted molar refractivity (Wildman–Crippen MR) is 51.6 cm³/mol. The standard InChI is InChI=1S/C10H19NO2/c1-6(2)11-5-7(3)8(4)9(11)10(12)13/h6-9H,5H2,1-4H3,(H,12,13)/t7-,8+,9+/m1/s1. The first-order chi connectivity index (χ1) is 5.95. The summed E-state index contributed by atoms with van der Waals surface area (Å²) in [5.74, 6) is 0.0777. The van der Waals surface area contributed by atoms with Crippen molar-refractivity contribution in [2.24, 2.45) is 11.8 Å². The van der Waals surface area contributed by atoms with Gasteiger partial charge in [0.25, 0.3) is 0 Å². The lowest BCUT2D eigenvalue weighted by molar-refractivity contribution is -0.144. The number of carbonyl (C=O) groups is 1. The summed E-state index contributed by atoms with van der Waals surface area (Å²) in [5, 5.41) is 9.08. The van der Waals surface area contributed by atoms with Gasteiger partial charge in [0.1, 0.15) is 6.04 Å². The Balaban J connectivity index is 2.80. The van der Waals surface area contributed by atoms with E-state index in [2.05, 4.69) is 25.7 Å². The zero-order chi connectivity index (χ0) is 10.2. The second kappa shape index (κ2) is 3.66. The number of carboxylic acid groups (broad SMARTS) is 1. The van der Waals surface area contributed by atoms with Crippen molar-refractivity contribution in [1.29, 1.82) is 0 Å². The largest absolute Gasteiger partial charge is 0.480 e. The predicted octanol–water partition coefficient (Wildman–Crippen LogP) is 1.44. The maximum absolute atomic E-state index is 11.0. The van der Waals surface area contributed by atoms with Crippen molar-refractivity contribution >= 4 is 5.97 Å². The molecule has 3 nitrogen and oxygen atoms in total. The van der Waals surface area contributed by atoms with Crippen LogP contribution in [-0.2, 0) is 4.79 Å². The number of likely N-dealkylation sites (tertiary alicyclic amines) is 1. The molecule has 3 heteroatoms. The average Bonchev–Trinajstić information content (AvgIpc) is 2.28. The van der Waals surface area contributed by atoms with Crippen molar-refractivity contribution in [3.8, 4) is 0 Å². The lowest BCUT2D eigenvalue weighted by atomic mass is 9.94. The second-order valence-electron chi connectivity index (χ2n) is 4.41. The van der Waals surface area contributed by atoms with E-state index in [0.29, 0.717) is 12.0 Å². The Labute approximate surface area is 79.7 Å². The molecular weight excluding hydrogens is 166 g/mol. The molecule has 0 saturated carbocycles. The Morgan fingerprint density at radius 2 is 2.00 bits per heavy atom. The number of rotatable bonds is 2. The topological polar surface area (TPSA) is 40.5 Å². The fraction of sp³-hybridized carbons (Fsp3) is 0.900. The SMILES string of the molecule is CC(C)N1C[C@@H](C)[C@H](C)[C@H]1C(=O)O. The number of nitrogens with zero attached hydrogens (tertiary/aromatic N) is 1. The Morgan fingerprint density at radius 3 is 2.31 bits per heavy atom. The lowest BCUT2D eigenvalue weighted by Crippen LogP contribution is -2.42. The van der Waals surface area contributed by atoms with Gasteiger partial charge in [0.2, 0.25) is 0 Å². The molecule has 0 aromatic heterocycles. The van der Waals surface area contributed by atoms with E-state index < -0.39 is 5.97 Å². The zero-order valence-electron chi connectivity index (χ0n) is 8.82. The second-order valence-corrected chi connectivity index (χ2v) is 4.41. The molecule has 1 rings (SSSR count). The van der Waals surface area contributed by atoms with E-state index in [0.717, 1.165) is 6.54 Å². The van der Waals surface area contributed by atoms with E-state index in [1.54, 1.807) is 0 Å². The Bertz CT molecular complexity index is 203. The minimum Gasteiger partial charge on any atom is -0.480 e. The summed E-state index contributed by atoms with van der Waals surface area (Å²) >= 11 is 0. The molecule has 0 unspecified atom stereocenters. The summed E-state index contributed by atoms with van der Waals surface area (Å²) in [6.07, 6.45) is 0. The molecule has 0 amide bonds. The third-order valence-corrected chi connectivity index (χ3v) is 3.17. The number of hydrogen-bond donors (Lipinski definition) is 1. The van der Waals surface area contributed by atoms with Gasteiger partial charge >= 0.3 is 5.97 Å². The molecule has 0 aromatic rings. The van der Waals surface area contributed by atoms with Gasteiger partial charge in [-0.25, -0.2) is 0 Å². The molecule has 0 aromatic carbocycles. The van der Waals surface area contributed by atoms with Gasteiger partial charge in [-0.3, -0.25) is 9.69 Å². The van der Waals surface area contributed by atoms with Crippen molar-refractivity contribution in [2.75, 3.05) is 6.54 Å². The van der Waals surface area contributed by atoms with Crippen LogP contribution in [-0.4, -0.2) is 34.6 Å². The highest BCUT2D eigenvalue weighted by atomic mass is 16.4. The molecule has 76 valence electrons. The van der Waals surface area contributed by atoms with Gasteiger partial charge in [0.15, 0.2) is 0 Å². The molecule has 0 aliphatic carbocycles. The molecule has 0 radical (unpaired) electrons. The van der Waals surface area contributed by atoms with Crippen LogP contribution in [0.15, 0.2) is 0 Å². The highest BCUT2D eigenvalue weighted by molar-refractivity contribution is 5.74. The van der Waals surface area contributed by atoms with Gasteiger partial charge in [-0.1, -0.05) is 13.8 Å². The molecule has 0 spiro atoms. The van der Waals surface area contributed by atoms with Crippen LogP contribution < -0.4 is 0 Å². The number of carboxylic acids is 1. The molecule has 1 aliphatic heterocycles. The van der Waals surface area contributed by atoms with E-state index in [1.807, 2.05) is 6.92 Å². The third kappa shape index (κ3) is 1.85. The molecule has 13 heavy (non-hydrogen) atoms. The molecule has 1 fully saturated rings. The van der Waals surface area contributed by atoms with Crippen molar-refractivity contribution in [3.63, 3.8) is 0 Å². The van der Waals surface area contributed by atoms with Gasteiger partial charge in [0, 0.05) is 12.6 Å². The summed E-state index contributed by atoms with van der Waals surface area (Å²) in [6.45, 7) is 9.19. The first-order valence-corrected chi connectivity index (χ1v) is 4.93. The number of aliphatic carboxylic acids is 1. The first kappa shape index (κ1) is 10.5.